The largest absolute Gasteiger partial charge is 0.309 e. The number of hydrogen-bond donors (Lipinski definition) is 1. The number of carbonyl (C=O) groups excluding carboxylic acids is 1. The Morgan fingerprint density at radius 2 is 2.06 bits per heavy atom. The number of pyridine rings is 1. The molecular formula is C9H9Br2ClN2O3S. The lowest BCUT2D eigenvalue weighted by Gasteiger charge is -2.11. The van der Waals surface area contributed by atoms with Crippen molar-refractivity contribution in [3.8, 4) is 0 Å². The molecule has 1 amide bonds. The molecule has 0 saturated heterocycles. The summed E-state index contributed by atoms with van der Waals surface area (Å²) in [5.74, 6) is -0.493. The van der Waals surface area contributed by atoms with Crippen molar-refractivity contribution < 1.29 is 13.2 Å². The molecule has 1 aromatic heterocycles. The molecule has 0 spiro atoms. The topological polar surface area (TPSA) is 76.1 Å². The third kappa shape index (κ3) is 3.66. The van der Waals surface area contributed by atoms with Crippen LogP contribution in [0.2, 0.25) is 5.02 Å². The predicted octanol–water partition coefficient (Wildman–Crippen LogP) is 2.63. The van der Waals surface area contributed by atoms with Gasteiger partial charge in [0.05, 0.1) is 14.0 Å². The van der Waals surface area contributed by atoms with Crippen molar-refractivity contribution in [2.24, 2.45) is 0 Å². The van der Waals surface area contributed by atoms with Crippen LogP contribution < -0.4 is 5.32 Å². The molecule has 1 aromatic rings. The number of nitrogens with one attached hydrogen (secondary N) is 1. The third-order valence-electron chi connectivity index (χ3n) is 2.17. The number of anilines is 1. The van der Waals surface area contributed by atoms with E-state index in [1.54, 1.807) is 0 Å². The first-order valence-corrected chi connectivity index (χ1v) is 8.55. The second-order valence-electron chi connectivity index (χ2n) is 3.54. The number of rotatable bonds is 3. The molecule has 0 fully saturated rings. The van der Waals surface area contributed by atoms with E-state index in [-0.39, 0.29) is 5.82 Å². The van der Waals surface area contributed by atoms with Gasteiger partial charge < -0.3 is 5.32 Å². The molecule has 0 aliphatic rings. The summed E-state index contributed by atoms with van der Waals surface area (Å²) >= 11 is 12.3. The molecule has 0 radical (unpaired) electrons. The lowest BCUT2D eigenvalue weighted by molar-refractivity contribution is -0.115. The van der Waals surface area contributed by atoms with Crippen molar-refractivity contribution in [3.63, 3.8) is 0 Å². The average Bonchev–Trinajstić information content (AvgIpc) is 2.27. The summed E-state index contributed by atoms with van der Waals surface area (Å²) in [4.78, 5) is 15.6. The minimum Gasteiger partial charge on any atom is -0.309 e. The normalized spacial score (nSPS) is 13.2. The maximum atomic E-state index is 11.7. The van der Waals surface area contributed by atoms with Gasteiger partial charge >= 0.3 is 0 Å². The fourth-order valence-corrected chi connectivity index (χ4v) is 2.51. The molecule has 0 saturated carbocycles. The van der Waals surface area contributed by atoms with Crippen molar-refractivity contribution in [1.29, 1.82) is 0 Å². The van der Waals surface area contributed by atoms with Gasteiger partial charge in [-0.15, -0.1) is 0 Å². The Labute approximate surface area is 126 Å². The average molecular weight is 421 g/mol. The van der Waals surface area contributed by atoms with Crippen LogP contribution in [-0.2, 0) is 14.6 Å². The van der Waals surface area contributed by atoms with E-state index in [0.717, 1.165) is 6.26 Å². The maximum absolute atomic E-state index is 11.7. The fraction of sp³-hybridized carbons (Fsp3) is 0.333. The van der Waals surface area contributed by atoms with Crippen molar-refractivity contribution in [1.82, 2.24) is 4.98 Å². The molecule has 18 heavy (non-hydrogen) atoms. The number of carbonyl (C=O) groups is 1. The minimum atomic E-state index is -3.45. The summed E-state index contributed by atoms with van der Waals surface area (Å²) in [6, 6.07) is 0. The van der Waals surface area contributed by atoms with Crippen LogP contribution in [0.4, 0.5) is 5.82 Å². The van der Waals surface area contributed by atoms with Crippen LogP contribution in [0.3, 0.4) is 0 Å². The first-order valence-electron chi connectivity index (χ1n) is 4.63. The maximum Gasteiger partial charge on any atom is 0.243 e. The highest BCUT2D eigenvalue weighted by molar-refractivity contribution is 9.11. The van der Waals surface area contributed by atoms with Gasteiger partial charge in [0, 0.05) is 12.5 Å². The number of halogens is 3. The molecule has 0 aromatic carbocycles. The van der Waals surface area contributed by atoms with E-state index in [9.17, 15) is 13.2 Å². The van der Waals surface area contributed by atoms with Crippen LogP contribution in [0.25, 0.3) is 0 Å². The highest BCUT2D eigenvalue weighted by atomic mass is 79.9. The Balaban J connectivity index is 3.00. The van der Waals surface area contributed by atoms with E-state index in [1.807, 2.05) is 0 Å². The standard InChI is InChI=1S/C9H9Br2ClN2O3S/c1-4(18(2,16)17)9(15)14-8-6(11)7(12)5(10)3-13-8/h3-4H,1-2H3,(H,13,14,15)/t4-/m1/s1. The van der Waals surface area contributed by atoms with Crippen LogP contribution in [0.5, 0.6) is 0 Å². The van der Waals surface area contributed by atoms with Gasteiger partial charge in [-0.05, 0) is 38.8 Å². The molecule has 1 N–H and O–H groups in total. The van der Waals surface area contributed by atoms with Gasteiger partial charge in [-0.2, -0.15) is 0 Å². The van der Waals surface area contributed by atoms with Crippen LogP contribution in [0.1, 0.15) is 6.92 Å². The van der Waals surface area contributed by atoms with Gasteiger partial charge in [0.15, 0.2) is 9.84 Å². The molecule has 0 aliphatic heterocycles. The van der Waals surface area contributed by atoms with Gasteiger partial charge in [0.25, 0.3) is 0 Å². The lowest BCUT2D eigenvalue weighted by atomic mass is 10.4. The number of nitrogens with zero attached hydrogens (tertiary/aromatic N) is 1. The highest BCUT2D eigenvalue weighted by Gasteiger charge is 2.24. The zero-order valence-corrected chi connectivity index (χ0v) is 14.1. The Kier molecular flexibility index (Phi) is 5.16. The van der Waals surface area contributed by atoms with E-state index < -0.39 is 21.0 Å². The quantitative estimate of drug-likeness (QED) is 0.816. The van der Waals surface area contributed by atoms with Crippen molar-refractivity contribution in [2.75, 3.05) is 11.6 Å². The summed E-state index contributed by atoms with van der Waals surface area (Å²) in [6.45, 7) is 1.30. The van der Waals surface area contributed by atoms with Gasteiger partial charge in [-0.25, -0.2) is 13.4 Å². The van der Waals surface area contributed by atoms with E-state index >= 15 is 0 Å². The van der Waals surface area contributed by atoms with Crippen LogP contribution in [0.15, 0.2) is 15.1 Å². The molecule has 1 atom stereocenters. The molecule has 9 heteroatoms. The smallest absolute Gasteiger partial charge is 0.243 e. The number of hydrogen-bond acceptors (Lipinski definition) is 4. The monoisotopic (exact) mass is 418 g/mol. The first kappa shape index (κ1) is 15.9. The Morgan fingerprint density at radius 3 is 2.56 bits per heavy atom. The molecule has 0 bridgehead atoms. The number of aromatic nitrogens is 1. The fourth-order valence-electron chi connectivity index (χ4n) is 0.943. The van der Waals surface area contributed by atoms with Crippen LogP contribution >= 0.6 is 43.5 Å². The Bertz CT molecular complexity index is 592. The minimum absolute atomic E-state index is 0.170. The van der Waals surface area contributed by atoms with Crippen LogP contribution in [0, 0.1) is 0 Å². The van der Waals surface area contributed by atoms with Gasteiger partial charge in [-0.3, -0.25) is 4.79 Å². The molecule has 0 unspecified atom stereocenters. The Hall–Kier alpha value is -0.180. The summed E-state index contributed by atoms with van der Waals surface area (Å²) in [5.41, 5.74) is 0. The zero-order chi connectivity index (χ0) is 14.1. The van der Waals surface area contributed by atoms with Crippen molar-refractivity contribution in [2.45, 2.75) is 12.2 Å². The molecule has 1 heterocycles. The number of sulfone groups is 1. The van der Waals surface area contributed by atoms with E-state index in [0.29, 0.717) is 14.0 Å². The zero-order valence-electron chi connectivity index (χ0n) is 9.37. The van der Waals surface area contributed by atoms with E-state index in [4.69, 9.17) is 11.6 Å². The van der Waals surface area contributed by atoms with Gasteiger partial charge in [0.1, 0.15) is 11.1 Å². The molecular weight excluding hydrogens is 411 g/mol. The summed E-state index contributed by atoms with van der Waals surface area (Å²) < 4.78 is 23.4. The van der Waals surface area contributed by atoms with Crippen LogP contribution in [-0.4, -0.2) is 30.8 Å². The first-order chi connectivity index (χ1) is 8.14. The predicted molar refractivity (Wildman–Crippen MR) is 77.6 cm³/mol. The van der Waals surface area contributed by atoms with E-state index in [1.165, 1.54) is 13.1 Å². The summed E-state index contributed by atoms with van der Waals surface area (Å²) in [7, 11) is -3.45. The Morgan fingerprint density at radius 1 is 1.50 bits per heavy atom. The lowest BCUT2D eigenvalue weighted by Crippen LogP contribution is -2.32. The summed E-state index contributed by atoms with van der Waals surface area (Å²) in [6.07, 6.45) is 2.40. The summed E-state index contributed by atoms with van der Waals surface area (Å²) in [5, 5.41) is 1.58. The molecule has 100 valence electrons. The van der Waals surface area contributed by atoms with Crippen molar-refractivity contribution in [3.05, 3.63) is 20.2 Å². The molecule has 5 nitrogen and oxygen atoms in total. The third-order valence-corrected chi connectivity index (χ3v) is 5.89. The van der Waals surface area contributed by atoms with E-state index in [2.05, 4.69) is 42.2 Å². The van der Waals surface area contributed by atoms with Gasteiger partial charge in [0.2, 0.25) is 5.91 Å². The van der Waals surface area contributed by atoms with Crippen molar-refractivity contribution >= 4 is 65.0 Å². The second kappa shape index (κ2) is 5.85. The number of amides is 1. The SMILES string of the molecule is C[C@H](C(=O)Nc1ncc(Br)c(Cl)c1Br)S(C)(=O)=O. The second-order valence-corrected chi connectivity index (χ2v) is 7.94. The highest BCUT2D eigenvalue weighted by Crippen LogP contribution is 2.34. The van der Waals surface area contributed by atoms with Gasteiger partial charge in [-0.1, -0.05) is 11.6 Å². The molecule has 1 rings (SSSR count). The molecule has 0 aliphatic carbocycles.